The van der Waals surface area contributed by atoms with Gasteiger partial charge in [0.05, 0.1) is 18.5 Å². The Labute approximate surface area is 126 Å². The van der Waals surface area contributed by atoms with Crippen molar-refractivity contribution in [2.24, 2.45) is 0 Å². The van der Waals surface area contributed by atoms with Gasteiger partial charge in [0, 0.05) is 6.54 Å². The lowest BCUT2D eigenvalue weighted by molar-refractivity contribution is 0.0532. The zero-order chi connectivity index (χ0) is 15.3. The number of aliphatic hydroxyl groups is 1. The van der Waals surface area contributed by atoms with E-state index in [0.717, 1.165) is 24.2 Å². The van der Waals surface area contributed by atoms with Crippen LogP contribution in [0.1, 0.15) is 31.2 Å². The molecule has 0 aromatic heterocycles. The molecular formula is C15H23NO4S. The average molecular weight is 313 g/mol. The standard InChI is InChI=1S/C15H23NO4S/c1-20-14-6-4-13(5-7-14)8-11-21(18,19)16-12-15(17)9-2-3-10-15/h4-7,16-17H,2-3,8-12H2,1H3. The quantitative estimate of drug-likeness (QED) is 0.799. The highest BCUT2D eigenvalue weighted by Crippen LogP contribution is 2.28. The first kappa shape index (κ1) is 16.3. The van der Waals surface area contributed by atoms with E-state index in [0.29, 0.717) is 19.3 Å². The second-order valence-electron chi connectivity index (χ2n) is 5.67. The highest BCUT2D eigenvalue weighted by Gasteiger charge is 2.32. The van der Waals surface area contributed by atoms with Gasteiger partial charge in [-0.2, -0.15) is 0 Å². The first-order valence-corrected chi connectivity index (χ1v) is 8.90. The van der Waals surface area contributed by atoms with Crippen LogP contribution >= 0.6 is 0 Å². The van der Waals surface area contributed by atoms with E-state index in [4.69, 9.17) is 4.74 Å². The number of aryl methyl sites for hydroxylation is 1. The van der Waals surface area contributed by atoms with Gasteiger partial charge < -0.3 is 9.84 Å². The van der Waals surface area contributed by atoms with Crippen LogP contribution in [0.25, 0.3) is 0 Å². The third kappa shape index (κ3) is 4.98. The van der Waals surface area contributed by atoms with Gasteiger partial charge in [-0.05, 0) is 37.0 Å². The van der Waals surface area contributed by atoms with Crippen LogP contribution < -0.4 is 9.46 Å². The van der Waals surface area contributed by atoms with Crippen molar-refractivity contribution in [1.82, 2.24) is 4.72 Å². The molecule has 21 heavy (non-hydrogen) atoms. The molecule has 0 aliphatic heterocycles. The molecule has 0 radical (unpaired) electrons. The van der Waals surface area contributed by atoms with Gasteiger partial charge in [0.2, 0.25) is 10.0 Å². The van der Waals surface area contributed by atoms with Crippen molar-refractivity contribution < 1.29 is 18.3 Å². The fourth-order valence-electron chi connectivity index (χ4n) is 2.57. The molecule has 5 nitrogen and oxygen atoms in total. The van der Waals surface area contributed by atoms with Crippen LogP contribution in [0.2, 0.25) is 0 Å². The van der Waals surface area contributed by atoms with E-state index in [9.17, 15) is 13.5 Å². The van der Waals surface area contributed by atoms with Crippen LogP contribution in [0.3, 0.4) is 0 Å². The molecule has 0 bridgehead atoms. The Balaban J connectivity index is 1.82. The summed E-state index contributed by atoms with van der Waals surface area (Å²) in [5, 5.41) is 10.2. The summed E-state index contributed by atoms with van der Waals surface area (Å²) in [5.74, 6) is 0.776. The number of ether oxygens (including phenoxy) is 1. The summed E-state index contributed by atoms with van der Waals surface area (Å²) in [5.41, 5.74) is 0.0912. The highest BCUT2D eigenvalue weighted by molar-refractivity contribution is 7.89. The van der Waals surface area contributed by atoms with Crippen molar-refractivity contribution >= 4 is 10.0 Å². The minimum Gasteiger partial charge on any atom is -0.497 e. The van der Waals surface area contributed by atoms with Crippen LogP contribution in [0.4, 0.5) is 0 Å². The monoisotopic (exact) mass is 313 g/mol. The number of benzene rings is 1. The lowest BCUT2D eigenvalue weighted by atomic mass is 10.0. The molecule has 0 amide bonds. The number of hydrogen-bond donors (Lipinski definition) is 2. The molecule has 1 aromatic carbocycles. The predicted molar refractivity (Wildman–Crippen MR) is 81.9 cm³/mol. The van der Waals surface area contributed by atoms with Gasteiger partial charge in [-0.1, -0.05) is 25.0 Å². The van der Waals surface area contributed by atoms with Crippen LogP contribution in [-0.2, 0) is 16.4 Å². The van der Waals surface area contributed by atoms with Gasteiger partial charge in [-0.25, -0.2) is 13.1 Å². The first-order chi connectivity index (χ1) is 9.92. The van der Waals surface area contributed by atoms with Crippen molar-refractivity contribution in [2.75, 3.05) is 19.4 Å². The SMILES string of the molecule is COc1ccc(CCS(=O)(=O)NCC2(O)CCCC2)cc1. The van der Waals surface area contributed by atoms with Crippen molar-refractivity contribution in [1.29, 1.82) is 0 Å². The van der Waals surface area contributed by atoms with E-state index < -0.39 is 15.6 Å². The van der Waals surface area contributed by atoms with Gasteiger partial charge in [-0.3, -0.25) is 0 Å². The molecule has 118 valence electrons. The maximum absolute atomic E-state index is 12.0. The van der Waals surface area contributed by atoms with Gasteiger partial charge in [0.1, 0.15) is 5.75 Å². The molecule has 0 heterocycles. The van der Waals surface area contributed by atoms with E-state index in [2.05, 4.69) is 4.72 Å². The molecule has 6 heteroatoms. The maximum atomic E-state index is 12.0. The molecular weight excluding hydrogens is 290 g/mol. The summed E-state index contributed by atoms with van der Waals surface area (Å²) < 4.78 is 31.6. The molecule has 0 saturated heterocycles. The fourth-order valence-corrected chi connectivity index (χ4v) is 3.71. The molecule has 1 saturated carbocycles. The highest BCUT2D eigenvalue weighted by atomic mass is 32.2. The van der Waals surface area contributed by atoms with E-state index in [1.54, 1.807) is 7.11 Å². The van der Waals surface area contributed by atoms with Gasteiger partial charge >= 0.3 is 0 Å². The van der Waals surface area contributed by atoms with E-state index in [-0.39, 0.29) is 12.3 Å². The summed E-state index contributed by atoms with van der Waals surface area (Å²) in [6.07, 6.45) is 3.72. The fraction of sp³-hybridized carbons (Fsp3) is 0.600. The topological polar surface area (TPSA) is 75.6 Å². The summed E-state index contributed by atoms with van der Waals surface area (Å²) in [6, 6.07) is 7.35. The van der Waals surface area contributed by atoms with Gasteiger partial charge in [0.15, 0.2) is 0 Å². The summed E-state index contributed by atoms with van der Waals surface area (Å²) in [7, 11) is -1.77. The lowest BCUT2D eigenvalue weighted by Gasteiger charge is -2.22. The van der Waals surface area contributed by atoms with E-state index in [1.807, 2.05) is 24.3 Å². The first-order valence-electron chi connectivity index (χ1n) is 7.25. The van der Waals surface area contributed by atoms with Crippen molar-refractivity contribution in [3.63, 3.8) is 0 Å². The Bertz CT molecular complexity index is 548. The number of methoxy groups -OCH3 is 1. The molecule has 0 unspecified atom stereocenters. The van der Waals surface area contributed by atoms with Crippen molar-refractivity contribution in [2.45, 2.75) is 37.7 Å². The zero-order valence-corrected chi connectivity index (χ0v) is 13.2. The van der Waals surface area contributed by atoms with Crippen LogP contribution in [-0.4, -0.2) is 38.5 Å². The molecule has 1 aromatic rings. The van der Waals surface area contributed by atoms with Crippen molar-refractivity contribution in [3.05, 3.63) is 29.8 Å². The van der Waals surface area contributed by atoms with E-state index in [1.165, 1.54) is 0 Å². The number of nitrogens with one attached hydrogen (secondary N) is 1. The zero-order valence-electron chi connectivity index (χ0n) is 12.3. The number of hydrogen-bond acceptors (Lipinski definition) is 4. The molecule has 0 spiro atoms. The average Bonchev–Trinajstić information content (AvgIpc) is 2.91. The predicted octanol–water partition coefficient (Wildman–Crippen LogP) is 1.46. The smallest absolute Gasteiger partial charge is 0.212 e. The Morgan fingerprint density at radius 1 is 1.24 bits per heavy atom. The third-order valence-corrected chi connectivity index (χ3v) is 5.30. The number of rotatable bonds is 7. The number of sulfonamides is 1. The maximum Gasteiger partial charge on any atom is 0.212 e. The summed E-state index contributed by atoms with van der Waals surface area (Å²) >= 11 is 0. The molecule has 0 atom stereocenters. The molecule has 1 aliphatic carbocycles. The molecule has 2 N–H and O–H groups in total. The molecule has 1 aliphatic rings. The minimum atomic E-state index is -3.36. The second kappa shape index (κ2) is 6.77. The normalized spacial score (nSPS) is 17.8. The van der Waals surface area contributed by atoms with E-state index >= 15 is 0 Å². The Morgan fingerprint density at radius 2 is 1.86 bits per heavy atom. The minimum absolute atomic E-state index is 0.0232. The van der Waals surface area contributed by atoms with Gasteiger partial charge in [0.25, 0.3) is 0 Å². The summed E-state index contributed by atoms with van der Waals surface area (Å²) in [4.78, 5) is 0. The Hall–Kier alpha value is -1.11. The third-order valence-electron chi connectivity index (χ3n) is 3.97. The van der Waals surface area contributed by atoms with Crippen molar-refractivity contribution in [3.8, 4) is 5.75 Å². The Morgan fingerprint density at radius 3 is 2.43 bits per heavy atom. The lowest BCUT2D eigenvalue weighted by Crippen LogP contribution is -2.41. The van der Waals surface area contributed by atoms with Gasteiger partial charge in [-0.15, -0.1) is 0 Å². The largest absolute Gasteiger partial charge is 0.497 e. The summed E-state index contributed by atoms with van der Waals surface area (Å²) in [6.45, 7) is 0.123. The molecule has 1 fully saturated rings. The molecule has 2 rings (SSSR count). The second-order valence-corrected chi connectivity index (χ2v) is 7.60. The Kier molecular flexibility index (Phi) is 5.24. The van der Waals surface area contributed by atoms with Crippen LogP contribution in [0.15, 0.2) is 24.3 Å². The van der Waals surface area contributed by atoms with Crippen LogP contribution in [0, 0.1) is 0 Å². The van der Waals surface area contributed by atoms with Crippen LogP contribution in [0.5, 0.6) is 5.75 Å².